The third kappa shape index (κ3) is 5.02. The molecule has 0 spiro atoms. The SMILES string of the molecule is O=C([C@H]1CCCO1)N1CC[C@H](CNc2cc(-n3c(C(F)F)nc4ccccc43)nc(N3CCOCC3)n2)C1. The summed E-state index contributed by atoms with van der Waals surface area (Å²) in [4.78, 5) is 30.2. The molecule has 5 heterocycles. The maximum absolute atomic E-state index is 14.1. The molecule has 0 saturated carbocycles. The molecule has 3 saturated heterocycles. The Labute approximate surface area is 218 Å². The summed E-state index contributed by atoms with van der Waals surface area (Å²) in [6.07, 6.45) is -0.490. The van der Waals surface area contributed by atoms with Gasteiger partial charge in [0.25, 0.3) is 12.3 Å². The lowest BCUT2D eigenvalue weighted by atomic mass is 10.1. The number of rotatable bonds is 7. The highest BCUT2D eigenvalue weighted by molar-refractivity contribution is 5.81. The molecule has 0 radical (unpaired) electrons. The highest BCUT2D eigenvalue weighted by atomic mass is 19.3. The van der Waals surface area contributed by atoms with Crippen LogP contribution in [-0.2, 0) is 14.3 Å². The van der Waals surface area contributed by atoms with Crippen molar-refractivity contribution in [2.75, 3.05) is 62.8 Å². The van der Waals surface area contributed by atoms with Gasteiger partial charge in [-0.05, 0) is 37.3 Å². The number of likely N-dealkylation sites (tertiary alicyclic amines) is 1. The summed E-state index contributed by atoms with van der Waals surface area (Å²) in [6, 6.07) is 8.73. The molecule has 2 atom stereocenters. The van der Waals surface area contributed by atoms with Crippen LogP contribution in [0.25, 0.3) is 16.9 Å². The van der Waals surface area contributed by atoms with Gasteiger partial charge in [0.05, 0.1) is 24.2 Å². The Bertz CT molecular complexity index is 1290. The first-order chi connectivity index (χ1) is 18.6. The van der Waals surface area contributed by atoms with E-state index in [1.54, 1.807) is 30.3 Å². The van der Waals surface area contributed by atoms with Crippen molar-refractivity contribution in [2.24, 2.45) is 5.92 Å². The molecule has 1 N–H and O–H groups in total. The minimum absolute atomic E-state index is 0.0791. The fraction of sp³-hybridized carbons (Fsp3) is 0.538. The molecule has 202 valence electrons. The van der Waals surface area contributed by atoms with E-state index in [0.717, 1.165) is 19.3 Å². The van der Waals surface area contributed by atoms with Gasteiger partial charge in [0.15, 0.2) is 5.82 Å². The molecule has 6 rings (SSSR count). The number of para-hydroxylation sites is 2. The van der Waals surface area contributed by atoms with Crippen LogP contribution in [0.1, 0.15) is 31.5 Å². The summed E-state index contributed by atoms with van der Waals surface area (Å²) >= 11 is 0. The Hall–Kier alpha value is -3.38. The van der Waals surface area contributed by atoms with Gasteiger partial charge in [-0.3, -0.25) is 9.36 Å². The van der Waals surface area contributed by atoms with Gasteiger partial charge in [0.1, 0.15) is 17.7 Å². The molecule has 0 aliphatic carbocycles. The summed E-state index contributed by atoms with van der Waals surface area (Å²) in [5.41, 5.74) is 1.03. The quantitative estimate of drug-likeness (QED) is 0.501. The van der Waals surface area contributed by atoms with Crippen LogP contribution in [0.4, 0.5) is 20.5 Å². The number of fused-ring (bicyclic) bond motifs is 1. The molecule has 1 amide bonds. The number of aromatic nitrogens is 4. The number of morpholine rings is 1. The lowest BCUT2D eigenvalue weighted by Crippen LogP contribution is -2.38. The topological polar surface area (TPSA) is 97.6 Å². The molecule has 12 heteroatoms. The maximum atomic E-state index is 14.1. The van der Waals surface area contributed by atoms with Crippen LogP contribution in [0, 0.1) is 5.92 Å². The van der Waals surface area contributed by atoms with E-state index >= 15 is 0 Å². The van der Waals surface area contributed by atoms with E-state index in [1.165, 1.54) is 4.57 Å². The number of carbonyl (C=O) groups is 1. The van der Waals surface area contributed by atoms with E-state index in [-0.39, 0.29) is 23.8 Å². The zero-order valence-electron chi connectivity index (χ0n) is 21.1. The lowest BCUT2D eigenvalue weighted by Gasteiger charge is -2.27. The van der Waals surface area contributed by atoms with Gasteiger partial charge in [0, 0.05) is 45.4 Å². The number of ether oxygens (including phenoxy) is 2. The average Bonchev–Trinajstić information content (AvgIpc) is 3.72. The van der Waals surface area contributed by atoms with Crippen LogP contribution >= 0.6 is 0 Å². The van der Waals surface area contributed by atoms with Crippen molar-refractivity contribution in [2.45, 2.75) is 31.8 Å². The number of imidazole rings is 1. The highest BCUT2D eigenvalue weighted by Crippen LogP contribution is 2.29. The van der Waals surface area contributed by atoms with Crippen molar-refractivity contribution < 1.29 is 23.0 Å². The summed E-state index contributed by atoms with van der Waals surface area (Å²) < 4.78 is 40.6. The summed E-state index contributed by atoms with van der Waals surface area (Å²) in [7, 11) is 0. The van der Waals surface area contributed by atoms with Gasteiger partial charge < -0.3 is 24.6 Å². The first-order valence-corrected chi connectivity index (χ1v) is 13.2. The zero-order valence-corrected chi connectivity index (χ0v) is 21.1. The predicted molar refractivity (Wildman–Crippen MR) is 137 cm³/mol. The number of nitrogens with zero attached hydrogens (tertiary/aromatic N) is 6. The second-order valence-corrected chi connectivity index (χ2v) is 9.93. The molecule has 3 aliphatic heterocycles. The molecule has 38 heavy (non-hydrogen) atoms. The molecule has 3 fully saturated rings. The fourth-order valence-electron chi connectivity index (χ4n) is 5.39. The second-order valence-electron chi connectivity index (χ2n) is 9.93. The minimum atomic E-state index is -2.77. The van der Waals surface area contributed by atoms with E-state index < -0.39 is 6.43 Å². The van der Waals surface area contributed by atoms with Crippen LogP contribution in [0.5, 0.6) is 0 Å². The summed E-state index contributed by atoms with van der Waals surface area (Å²) in [5.74, 6) is 1.29. The Morgan fingerprint density at radius 3 is 2.71 bits per heavy atom. The number of anilines is 2. The molecule has 0 bridgehead atoms. The van der Waals surface area contributed by atoms with Gasteiger partial charge in [-0.25, -0.2) is 13.8 Å². The first kappa shape index (κ1) is 24.9. The lowest BCUT2D eigenvalue weighted by molar-refractivity contribution is -0.139. The number of nitrogens with one attached hydrogen (secondary N) is 1. The van der Waals surface area contributed by atoms with Crippen molar-refractivity contribution in [3.63, 3.8) is 0 Å². The molecule has 2 aromatic heterocycles. The van der Waals surface area contributed by atoms with Crippen molar-refractivity contribution >= 4 is 28.7 Å². The van der Waals surface area contributed by atoms with Gasteiger partial charge in [0.2, 0.25) is 5.95 Å². The number of carbonyl (C=O) groups excluding carboxylic acids is 1. The van der Waals surface area contributed by atoms with Gasteiger partial charge in [-0.15, -0.1) is 0 Å². The third-order valence-electron chi connectivity index (χ3n) is 7.38. The Morgan fingerprint density at radius 2 is 1.92 bits per heavy atom. The van der Waals surface area contributed by atoms with Gasteiger partial charge in [-0.1, -0.05) is 12.1 Å². The Morgan fingerprint density at radius 1 is 1.08 bits per heavy atom. The molecular formula is C26H31F2N7O3. The standard InChI is InChI=1S/C26H31F2N7O3/c27-23(28)24-30-18-4-1-2-5-19(18)35(24)22-14-21(31-26(32-22)33-9-12-37-13-10-33)29-15-17-7-8-34(16-17)25(36)20-6-3-11-38-20/h1-2,4-5,14,17,20,23H,3,6-13,15-16H2,(H,29,31,32)/t17-,20-/m1/s1. The van der Waals surface area contributed by atoms with E-state index in [9.17, 15) is 13.6 Å². The molecule has 10 nitrogen and oxygen atoms in total. The molecular weight excluding hydrogens is 496 g/mol. The second kappa shape index (κ2) is 10.8. The third-order valence-corrected chi connectivity index (χ3v) is 7.38. The molecule has 1 aromatic carbocycles. The van der Waals surface area contributed by atoms with Crippen LogP contribution in [0.2, 0.25) is 0 Å². The van der Waals surface area contributed by atoms with Crippen molar-refractivity contribution in [3.05, 3.63) is 36.2 Å². The normalized spacial score (nSPS) is 22.1. The number of hydrogen-bond acceptors (Lipinski definition) is 8. The molecule has 0 unspecified atom stereocenters. The fourth-order valence-corrected chi connectivity index (χ4v) is 5.39. The van der Waals surface area contributed by atoms with E-state index in [1.807, 2.05) is 9.80 Å². The summed E-state index contributed by atoms with van der Waals surface area (Å²) in [6.45, 7) is 4.92. The zero-order chi connectivity index (χ0) is 26.1. The van der Waals surface area contributed by atoms with Crippen molar-refractivity contribution in [1.29, 1.82) is 0 Å². The largest absolute Gasteiger partial charge is 0.378 e. The monoisotopic (exact) mass is 527 g/mol. The number of hydrogen-bond donors (Lipinski definition) is 1. The maximum Gasteiger partial charge on any atom is 0.296 e. The van der Waals surface area contributed by atoms with Crippen molar-refractivity contribution in [1.82, 2.24) is 24.4 Å². The van der Waals surface area contributed by atoms with Gasteiger partial charge in [-0.2, -0.15) is 9.97 Å². The van der Waals surface area contributed by atoms with Crippen LogP contribution in [0.15, 0.2) is 30.3 Å². The van der Waals surface area contributed by atoms with Crippen LogP contribution < -0.4 is 10.2 Å². The summed E-state index contributed by atoms with van der Waals surface area (Å²) in [5, 5.41) is 3.39. The van der Waals surface area contributed by atoms with Gasteiger partial charge >= 0.3 is 0 Å². The molecule has 3 aromatic rings. The molecule has 3 aliphatic rings. The average molecular weight is 528 g/mol. The predicted octanol–water partition coefficient (Wildman–Crippen LogP) is 3.03. The number of amides is 1. The van der Waals surface area contributed by atoms with Crippen LogP contribution in [-0.4, -0.2) is 89.0 Å². The van der Waals surface area contributed by atoms with E-state index in [4.69, 9.17) is 19.4 Å². The first-order valence-electron chi connectivity index (χ1n) is 13.2. The Kier molecular flexibility index (Phi) is 7.07. The van der Waals surface area contributed by atoms with E-state index in [0.29, 0.717) is 81.2 Å². The van der Waals surface area contributed by atoms with Crippen molar-refractivity contribution in [3.8, 4) is 5.82 Å². The highest BCUT2D eigenvalue weighted by Gasteiger charge is 2.33. The number of alkyl halides is 2. The van der Waals surface area contributed by atoms with Crippen LogP contribution in [0.3, 0.4) is 0 Å². The Balaban J connectivity index is 1.26. The van der Waals surface area contributed by atoms with E-state index in [2.05, 4.69) is 10.3 Å². The minimum Gasteiger partial charge on any atom is -0.378 e. The number of halogens is 2. The smallest absolute Gasteiger partial charge is 0.296 e. The number of benzene rings is 1.